The molecule has 3 nitrogen and oxygen atoms in total. The maximum atomic E-state index is 9.76. The Morgan fingerprint density at radius 2 is 2.23 bits per heavy atom. The monoisotopic (exact) mass is 244 g/mol. The highest BCUT2D eigenvalue weighted by Crippen LogP contribution is 2.28. The molecule has 1 fully saturated rings. The Morgan fingerprint density at radius 3 is 2.85 bits per heavy atom. The van der Waals surface area contributed by atoms with Gasteiger partial charge in [-0.15, -0.1) is 0 Å². The third-order valence-electron chi connectivity index (χ3n) is 2.60. The van der Waals surface area contributed by atoms with Gasteiger partial charge in [0.05, 0.1) is 22.8 Å². The molecule has 0 saturated heterocycles. The molecule has 2 atom stereocenters. The minimum absolute atomic E-state index is 0.181. The highest BCUT2D eigenvalue weighted by Gasteiger charge is 2.24. The van der Waals surface area contributed by atoms with Gasteiger partial charge in [0.25, 0.3) is 0 Å². The molecule has 13 heavy (non-hydrogen) atoms. The lowest BCUT2D eigenvalue weighted by molar-refractivity contribution is 0.0694. The molecule has 1 heterocycles. The summed E-state index contributed by atoms with van der Waals surface area (Å²) in [6, 6.07) is 0.181. The highest BCUT2D eigenvalue weighted by atomic mass is 79.9. The van der Waals surface area contributed by atoms with Crippen molar-refractivity contribution in [1.29, 1.82) is 0 Å². The van der Waals surface area contributed by atoms with Gasteiger partial charge in [0.2, 0.25) is 0 Å². The average molecular weight is 245 g/mol. The standard InChI is InChI=1S/C9H13BrN2O/c10-7-5-11-12(6-7)8-3-1-2-4-9(8)13/h5-6,8-9,13H,1-4H2. The first-order valence-electron chi connectivity index (χ1n) is 4.65. The van der Waals surface area contributed by atoms with E-state index >= 15 is 0 Å². The van der Waals surface area contributed by atoms with E-state index in [0.29, 0.717) is 0 Å². The molecule has 0 aliphatic heterocycles. The van der Waals surface area contributed by atoms with Crippen LogP contribution >= 0.6 is 15.9 Å². The summed E-state index contributed by atoms with van der Waals surface area (Å²) in [6.45, 7) is 0. The van der Waals surface area contributed by atoms with Gasteiger partial charge in [-0.05, 0) is 28.8 Å². The summed E-state index contributed by atoms with van der Waals surface area (Å²) in [6.07, 6.45) is 7.75. The molecule has 0 spiro atoms. The van der Waals surface area contributed by atoms with Crippen LogP contribution in [0.3, 0.4) is 0 Å². The average Bonchev–Trinajstić information content (AvgIpc) is 2.53. The van der Waals surface area contributed by atoms with Crippen LogP contribution in [-0.2, 0) is 0 Å². The second-order valence-electron chi connectivity index (χ2n) is 3.56. The molecular weight excluding hydrogens is 232 g/mol. The summed E-state index contributed by atoms with van der Waals surface area (Å²) in [7, 11) is 0. The summed E-state index contributed by atoms with van der Waals surface area (Å²) in [5, 5.41) is 14.0. The molecule has 0 radical (unpaired) electrons. The van der Waals surface area contributed by atoms with Crippen molar-refractivity contribution in [3.05, 3.63) is 16.9 Å². The maximum absolute atomic E-state index is 9.76. The van der Waals surface area contributed by atoms with Crippen molar-refractivity contribution < 1.29 is 5.11 Å². The van der Waals surface area contributed by atoms with E-state index in [0.717, 1.165) is 23.7 Å². The van der Waals surface area contributed by atoms with Crippen molar-refractivity contribution in [2.75, 3.05) is 0 Å². The van der Waals surface area contributed by atoms with Gasteiger partial charge in [-0.1, -0.05) is 12.8 Å². The smallest absolute Gasteiger partial charge is 0.0778 e. The lowest BCUT2D eigenvalue weighted by Gasteiger charge is -2.27. The molecule has 1 aromatic rings. The third kappa shape index (κ3) is 1.94. The maximum Gasteiger partial charge on any atom is 0.0778 e. The normalized spacial score (nSPS) is 29.1. The van der Waals surface area contributed by atoms with Crippen LogP contribution in [0.1, 0.15) is 31.7 Å². The largest absolute Gasteiger partial charge is 0.391 e. The van der Waals surface area contributed by atoms with E-state index in [1.165, 1.54) is 6.42 Å². The van der Waals surface area contributed by atoms with Crippen LogP contribution in [0.2, 0.25) is 0 Å². The van der Waals surface area contributed by atoms with Gasteiger partial charge in [0.15, 0.2) is 0 Å². The Hall–Kier alpha value is -0.350. The fraction of sp³-hybridized carbons (Fsp3) is 0.667. The van der Waals surface area contributed by atoms with Gasteiger partial charge < -0.3 is 5.11 Å². The Balaban J connectivity index is 2.14. The molecule has 2 unspecified atom stereocenters. The van der Waals surface area contributed by atoms with Crippen molar-refractivity contribution in [1.82, 2.24) is 9.78 Å². The number of halogens is 1. The quantitative estimate of drug-likeness (QED) is 0.822. The zero-order valence-corrected chi connectivity index (χ0v) is 8.94. The number of nitrogens with zero attached hydrogens (tertiary/aromatic N) is 2. The zero-order chi connectivity index (χ0) is 9.26. The molecule has 1 aliphatic rings. The summed E-state index contributed by atoms with van der Waals surface area (Å²) < 4.78 is 2.85. The van der Waals surface area contributed by atoms with Gasteiger partial charge >= 0.3 is 0 Å². The Bertz CT molecular complexity index is 287. The van der Waals surface area contributed by atoms with Crippen LogP contribution < -0.4 is 0 Å². The van der Waals surface area contributed by atoms with Gasteiger partial charge in [0.1, 0.15) is 0 Å². The van der Waals surface area contributed by atoms with Crippen LogP contribution in [-0.4, -0.2) is 21.0 Å². The molecule has 4 heteroatoms. The lowest BCUT2D eigenvalue weighted by Crippen LogP contribution is -2.27. The van der Waals surface area contributed by atoms with E-state index < -0.39 is 0 Å². The second-order valence-corrected chi connectivity index (χ2v) is 4.47. The van der Waals surface area contributed by atoms with Crippen LogP contribution in [0.5, 0.6) is 0 Å². The molecule has 0 bridgehead atoms. The van der Waals surface area contributed by atoms with E-state index in [1.54, 1.807) is 6.20 Å². The van der Waals surface area contributed by atoms with E-state index in [9.17, 15) is 5.11 Å². The van der Waals surface area contributed by atoms with Crippen molar-refractivity contribution in [2.24, 2.45) is 0 Å². The Morgan fingerprint density at radius 1 is 1.46 bits per heavy atom. The van der Waals surface area contributed by atoms with Gasteiger partial charge in [-0.25, -0.2) is 0 Å². The number of hydrogen-bond acceptors (Lipinski definition) is 2. The predicted octanol–water partition coefficient (Wildman–Crippen LogP) is 2.12. The molecule has 0 amide bonds. The minimum atomic E-state index is -0.222. The molecule has 1 aromatic heterocycles. The minimum Gasteiger partial charge on any atom is -0.391 e. The van der Waals surface area contributed by atoms with Crippen molar-refractivity contribution in [3.63, 3.8) is 0 Å². The highest BCUT2D eigenvalue weighted by molar-refractivity contribution is 9.10. The Kier molecular flexibility index (Phi) is 2.69. The molecule has 1 aliphatic carbocycles. The van der Waals surface area contributed by atoms with E-state index in [4.69, 9.17) is 0 Å². The molecular formula is C9H13BrN2O. The molecule has 1 saturated carbocycles. The summed E-state index contributed by atoms with van der Waals surface area (Å²) in [5.74, 6) is 0. The second kappa shape index (κ2) is 3.80. The zero-order valence-electron chi connectivity index (χ0n) is 7.36. The summed E-state index contributed by atoms with van der Waals surface area (Å²) in [4.78, 5) is 0. The number of aliphatic hydroxyl groups excluding tert-OH is 1. The van der Waals surface area contributed by atoms with Crippen LogP contribution in [0.15, 0.2) is 16.9 Å². The van der Waals surface area contributed by atoms with E-state index in [-0.39, 0.29) is 12.1 Å². The van der Waals surface area contributed by atoms with E-state index in [1.807, 2.05) is 10.9 Å². The first kappa shape index (κ1) is 9.21. The van der Waals surface area contributed by atoms with Gasteiger partial charge in [-0.2, -0.15) is 5.10 Å². The van der Waals surface area contributed by atoms with E-state index in [2.05, 4.69) is 21.0 Å². The molecule has 2 rings (SSSR count). The molecule has 0 aromatic carbocycles. The predicted molar refractivity (Wildman–Crippen MR) is 53.4 cm³/mol. The fourth-order valence-electron chi connectivity index (χ4n) is 1.90. The number of aromatic nitrogens is 2. The van der Waals surface area contributed by atoms with Gasteiger partial charge in [-0.3, -0.25) is 4.68 Å². The van der Waals surface area contributed by atoms with Crippen molar-refractivity contribution in [2.45, 2.75) is 37.8 Å². The first-order chi connectivity index (χ1) is 6.27. The number of aliphatic hydroxyl groups is 1. The van der Waals surface area contributed by atoms with Crippen molar-refractivity contribution >= 4 is 15.9 Å². The van der Waals surface area contributed by atoms with Crippen LogP contribution in [0, 0.1) is 0 Å². The Labute approximate surface area is 85.9 Å². The summed E-state index contributed by atoms with van der Waals surface area (Å²) >= 11 is 3.35. The lowest BCUT2D eigenvalue weighted by atomic mass is 9.93. The fourth-order valence-corrected chi connectivity index (χ4v) is 2.20. The molecule has 1 N–H and O–H groups in total. The number of rotatable bonds is 1. The molecule has 72 valence electrons. The topological polar surface area (TPSA) is 38.0 Å². The third-order valence-corrected chi connectivity index (χ3v) is 3.01. The SMILES string of the molecule is OC1CCCCC1n1cc(Br)cn1. The van der Waals surface area contributed by atoms with Crippen molar-refractivity contribution in [3.8, 4) is 0 Å². The number of hydrogen-bond donors (Lipinski definition) is 1. The van der Waals surface area contributed by atoms with Crippen LogP contribution in [0.4, 0.5) is 0 Å². The summed E-state index contributed by atoms with van der Waals surface area (Å²) in [5.41, 5.74) is 0. The van der Waals surface area contributed by atoms with Gasteiger partial charge in [0, 0.05) is 6.20 Å². The van der Waals surface area contributed by atoms with Crippen LogP contribution in [0.25, 0.3) is 0 Å². The first-order valence-corrected chi connectivity index (χ1v) is 5.44.